The summed E-state index contributed by atoms with van der Waals surface area (Å²) in [5, 5.41) is 0. The molecule has 2 aromatic carbocycles. The Hall–Kier alpha value is -1.76. The number of rotatable bonds is 30. The molecule has 1 nitrogen and oxygen atoms in total. The largest absolute Gasteiger partial charge is 0.457 e. The third-order valence-corrected chi connectivity index (χ3v) is 9.20. The van der Waals surface area contributed by atoms with Crippen molar-refractivity contribution < 1.29 is 4.74 Å². The fraction of sp³-hybridized carbons (Fsp3) is 0.714. The molecule has 0 saturated heterocycles. The first-order valence-electron chi connectivity index (χ1n) is 19.2. The standard InChI is InChI=1S/C42H70O/c1-3-5-7-9-11-13-15-17-19-21-23-25-27-30-39-34-36-41(37-35-39)43-42-33-29-32-40(38-42)31-28-26-24-22-20-18-16-14-12-10-8-6-4-2/h29,32-38H,3-28,30-31H2,1-2H3. The van der Waals surface area contributed by atoms with Gasteiger partial charge in [-0.25, -0.2) is 0 Å². The van der Waals surface area contributed by atoms with E-state index in [1.807, 2.05) is 0 Å². The predicted molar refractivity (Wildman–Crippen MR) is 192 cm³/mol. The van der Waals surface area contributed by atoms with E-state index in [9.17, 15) is 0 Å². The van der Waals surface area contributed by atoms with Gasteiger partial charge in [0.15, 0.2) is 0 Å². The Bertz CT molecular complexity index is 853. The average molecular weight is 591 g/mol. The lowest BCUT2D eigenvalue weighted by Gasteiger charge is -2.09. The van der Waals surface area contributed by atoms with Crippen LogP contribution in [-0.4, -0.2) is 0 Å². The molecule has 2 aromatic rings. The van der Waals surface area contributed by atoms with Gasteiger partial charge in [-0.2, -0.15) is 0 Å². The van der Waals surface area contributed by atoms with Crippen LogP contribution in [0.3, 0.4) is 0 Å². The molecule has 244 valence electrons. The summed E-state index contributed by atoms with van der Waals surface area (Å²) in [5.74, 6) is 1.92. The number of unbranched alkanes of at least 4 members (excludes halogenated alkanes) is 24. The minimum absolute atomic E-state index is 0.951. The summed E-state index contributed by atoms with van der Waals surface area (Å²) < 4.78 is 6.22. The van der Waals surface area contributed by atoms with Gasteiger partial charge >= 0.3 is 0 Å². The van der Waals surface area contributed by atoms with E-state index in [0.29, 0.717) is 0 Å². The van der Waals surface area contributed by atoms with Crippen molar-refractivity contribution in [1.82, 2.24) is 0 Å². The molecule has 0 aliphatic heterocycles. The van der Waals surface area contributed by atoms with E-state index < -0.39 is 0 Å². The van der Waals surface area contributed by atoms with Crippen molar-refractivity contribution in [3.63, 3.8) is 0 Å². The van der Waals surface area contributed by atoms with E-state index in [0.717, 1.165) is 17.9 Å². The number of ether oxygens (including phenoxy) is 1. The molecule has 0 unspecified atom stereocenters. The molecule has 2 rings (SSSR count). The molecule has 0 radical (unpaired) electrons. The van der Waals surface area contributed by atoms with Gasteiger partial charge in [0, 0.05) is 0 Å². The van der Waals surface area contributed by atoms with Crippen LogP contribution in [0.5, 0.6) is 11.5 Å². The molecule has 1 heteroatoms. The highest BCUT2D eigenvalue weighted by molar-refractivity contribution is 5.35. The third-order valence-electron chi connectivity index (χ3n) is 9.20. The van der Waals surface area contributed by atoms with E-state index in [1.54, 1.807) is 0 Å². The van der Waals surface area contributed by atoms with Crippen LogP contribution in [0.4, 0.5) is 0 Å². The van der Waals surface area contributed by atoms with Crippen LogP contribution in [0.2, 0.25) is 0 Å². The minimum atomic E-state index is 0.951. The van der Waals surface area contributed by atoms with Crippen LogP contribution in [-0.2, 0) is 12.8 Å². The molecule has 0 bridgehead atoms. The van der Waals surface area contributed by atoms with Crippen molar-refractivity contribution in [2.45, 2.75) is 194 Å². The Balaban J connectivity index is 1.47. The summed E-state index contributed by atoms with van der Waals surface area (Å²) in [7, 11) is 0. The Morgan fingerprint density at radius 1 is 0.349 bits per heavy atom. The number of aryl methyl sites for hydroxylation is 2. The van der Waals surface area contributed by atoms with Crippen molar-refractivity contribution >= 4 is 0 Å². The second-order valence-electron chi connectivity index (χ2n) is 13.4. The normalized spacial score (nSPS) is 11.3. The summed E-state index contributed by atoms with van der Waals surface area (Å²) in [6.07, 6.45) is 39.0. The number of hydrogen-bond acceptors (Lipinski definition) is 1. The van der Waals surface area contributed by atoms with Crippen LogP contribution in [0.1, 0.15) is 192 Å². The van der Waals surface area contributed by atoms with Crippen molar-refractivity contribution in [3.8, 4) is 11.5 Å². The van der Waals surface area contributed by atoms with Gasteiger partial charge < -0.3 is 4.74 Å². The SMILES string of the molecule is CCCCCCCCCCCCCCCc1ccc(Oc2cccc(CCCCCCCCCCCCCCC)c2)cc1. The van der Waals surface area contributed by atoms with E-state index in [1.165, 1.54) is 184 Å². The molecule has 0 saturated carbocycles. The summed E-state index contributed by atoms with van der Waals surface area (Å²) in [4.78, 5) is 0. The quantitative estimate of drug-likeness (QED) is 0.0822. The summed E-state index contributed by atoms with van der Waals surface area (Å²) in [5.41, 5.74) is 2.84. The average Bonchev–Trinajstić information content (AvgIpc) is 3.03. The van der Waals surface area contributed by atoms with E-state index in [2.05, 4.69) is 62.4 Å². The predicted octanol–water partition coefficient (Wildman–Crippen LogP) is 14.7. The summed E-state index contributed by atoms with van der Waals surface area (Å²) >= 11 is 0. The Morgan fingerprint density at radius 3 is 1.14 bits per heavy atom. The smallest absolute Gasteiger partial charge is 0.127 e. The van der Waals surface area contributed by atoms with Gasteiger partial charge in [0.2, 0.25) is 0 Å². The lowest BCUT2D eigenvalue weighted by molar-refractivity contribution is 0.481. The lowest BCUT2D eigenvalue weighted by Crippen LogP contribution is -1.90. The van der Waals surface area contributed by atoms with Gasteiger partial charge in [-0.05, 0) is 61.1 Å². The Labute approximate surface area is 269 Å². The van der Waals surface area contributed by atoms with Crippen LogP contribution < -0.4 is 4.74 Å². The zero-order valence-corrected chi connectivity index (χ0v) is 28.8. The highest BCUT2D eigenvalue weighted by atomic mass is 16.5. The molecule has 43 heavy (non-hydrogen) atoms. The summed E-state index contributed by atoms with van der Waals surface area (Å²) in [6, 6.07) is 17.5. The van der Waals surface area contributed by atoms with Crippen molar-refractivity contribution in [1.29, 1.82) is 0 Å². The molecule has 0 aliphatic carbocycles. The molecule has 0 aliphatic rings. The molecular formula is C42H70O. The maximum atomic E-state index is 6.22. The van der Waals surface area contributed by atoms with Crippen molar-refractivity contribution in [2.75, 3.05) is 0 Å². The summed E-state index contributed by atoms with van der Waals surface area (Å²) in [6.45, 7) is 4.60. The molecular weight excluding hydrogens is 520 g/mol. The first-order chi connectivity index (χ1) is 21.3. The first kappa shape index (κ1) is 37.4. The third kappa shape index (κ3) is 21.6. The van der Waals surface area contributed by atoms with Gasteiger partial charge in [-0.15, -0.1) is 0 Å². The maximum absolute atomic E-state index is 6.22. The second kappa shape index (κ2) is 27.8. The lowest BCUT2D eigenvalue weighted by atomic mass is 10.0. The second-order valence-corrected chi connectivity index (χ2v) is 13.4. The first-order valence-corrected chi connectivity index (χ1v) is 19.2. The molecule has 0 spiro atoms. The van der Waals surface area contributed by atoms with Gasteiger partial charge in [0.05, 0.1) is 0 Å². The van der Waals surface area contributed by atoms with Gasteiger partial charge in [-0.1, -0.05) is 192 Å². The molecule has 0 heterocycles. The van der Waals surface area contributed by atoms with E-state index in [4.69, 9.17) is 4.74 Å². The highest BCUT2D eigenvalue weighted by Gasteiger charge is 2.02. The maximum Gasteiger partial charge on any atom is 0.127 e. The van der Waals surface area contributed by atoms with E-state index >= 15 is 0 Å². The zero-order valence-electron chi connectivity index (χ0n) is 28.8. The van der Waals surface area contributed by atoms with Gasteiger partial charge in [0.1, 0.15) is 11.5 Å². The topological polar surface area (TPSA) is 9.23 Å². The molecule has 0 fully saturated rings. The number of hydrogen-bond donors (Lipinski definition) is 0. The van der Waals surface area contributed by atoms with Crippen LogP contribution in [0, 0.1) is 0 Å². The van der Waals surface area contributed by atoms with Crippen LogP contribution in [0.25, 0.3) is 0 Å². The van der Waals surface area contributed by atoms with Crippen LogP contribution in [0.15, 0.2) is 48.5 Å². The zero-order chi connectivity index (χ0) is 30.5. The van der Waals surface area contributed by atoms with E-state index in [-0.39, 0.29) is 0 Å². The van der Waals surface area contributed by atoms with Crippen molar-refractivity contribution in [2.24, 2.45) is 0 Å². The monoisotopic (exact) mass is 591 g/mol. The van der Waals surface area contributed by atoms with Crippen molar-refractivity contribution in [3.05, 3.63) is 59.7 Å². The molecule has 0 amide bonds. The molecule has 0 N–H and O–H groups in total. The van der Waals surface area contributed by atoms with Gasteiger partial charge in [0.25, 0.3) is 0 Å². The molecule has 0 atom stereocenters. The minimum Gasteiger partial charge on any atom is -0.457 e. The fourth-order valence-corrected chi connectivity index (χ4v) is 6.32. The highest BCUT2D eigenvalue weighted by Crippen LogP contribution is 2.24. The van der Waals surface area contributed by atoms with Gasteiger partial charge in [-0.3, -0.25) is 0 Å². The Morgan fingerprint density at radius 2 is 0.721 bits per heavy atom. The van der Waals surface area contributed by atoms with Crippen LogP contribution >= 0.6 is 0 Å². The molecule has 0 aromatic heterocycles. The Kier molecular flexibility index (Phi) is 24.2. The fourth-order valence-electron chi connectivity index (χ4n) is 6.32. The number of benzene rings is 2.